The standard InChI is InChI=1S/C16H15ClO2/c1-16(2,13-6-4-3-5-7-13)14-10-8-12(9-11-14)15(18)19-17/h3-11H,1-2H3. The van der Waals surface area contributed by atoms with Gasteiger partial charge in [0.15, 0.2) is 0 Å². The van der Waals surface area contributed by atoms with Gasteiger partial charge in [-0.15, -0.1) is 0 Å². The number of hydrogen-bond donors (Lipinski definition) is 0. The van der Waals surface area contributed by atoms with Crippen LogP contribution in [-0.4, -0.2) is 5.97 Å². The van der Waals surface area contributed by atoms with Gasteiger partial charge in [0, 0.05) is 5.41 Å². The van der Waals surface area contributed by atoms with Crippen molar-refractivity contribution in [2.45, 2.75) is 19.3 Å². The molecule has 0 radical (unpaired) electrons. The maximum Gasteiger partial charge on any atom is 0.356 e. The van der Waals surface area contributed by atoms with Crippen LogP contribution in [0.2, 0.25) is 0 Å². The van der Waals surface area contributed by atoms with Crippen molar-refractivity contribution < 1.29 is 9.08 Å². The lowest BCUT2D eigenvalue weighted by Gasteiger charge is -2.26. The highest BCUT2D eigenvalue weighted by molar-refractivity contribution is 6.15. The van der Waals surface area contributed by atoms with Crippen molar-refractivity contribution in [2.75, 3.05) is 0 Å². The maximum absolute atomic E-state index is 11.3. The third-order valence-electron chi connectivity index (χ3n) is 3.41. The molecule has 0 aliphatic rings. The van der Waals surface area contributed by atoms with Crippen LogP contribution in [0.15, 0.2) is 54.6 Å². The summed E-state index contributed by atoms with van der Waals surface area (Å²) >= 11 is 5.06. The highest BCUT2D eigenvalue weighted by atomic mass is 35.5. The second-order valence-corrected chi connectivity index (χ2v) is 5.09. The fraction of sp³-hybridized carbons (Fsp3) is 0.188. The highest BCUT2D eigenvalue weighted by Gasteiger charge is 2.23. The van der Waals surface area contributed by atoms with Crippen molar-refractivity contribution in [2.24, 2.45) is 0 Å². The minimum absolute atomic E-state index is 0.120. The summed E-state index contributed by atoms with van der Waals surface area (Å²) in [4.78, 5) is 11.3. The highest BCUT2D eigenvalue weighted by Crippen LogP contribution is 2.31. The molecule has 0 aliphatic heterocycles. The van der Waals surface area contributed by atoms with E-state index in [1.54, 1.807) is 12.1 Å². The molecule has 3 heteroatoms. The molecule has 0 saturated carbocycles. The van der Waals surface area contributed by atoms with Crippen LogP contribution in [0.3, 0.4) is 0 Å². The molecular formula is C16H15ClO2. The molecule has 0 aromatic heterocycles. The van der Waals surface area contributed by atoms with Crippen molar-refractivity contribution in [3.05, 3.63) is 71.3 Å². The fourth-order valence-electron chi connectivity index (χ4n) is 2.09. The normalized spacial score (nSPS) is 11.1. The van der Waals surface area contributed by atoms with Crippen molar-refractivity contribution >= 4 is 17.8 Å². The fourth-order valence-corrected chi connectivity index (χ4v) is 2.18. The Bertz CT molecular complexity index is 559. The number of carbonyl (C=O) groups is 1. The summed E-state index contributed by atoms with van der Waals surface area (Å²) < 4.78 is 4.18. The van der Waals surface area contributed by atoms with Gasteiger partial charge in [-0.1, -0.05) is 56.3 Å². The number of benzene rings is 2. The van der Waals surface area contributed by atoms with Crippen LogP contribution in [0.5, 0.6) is 0 Å². The molecule has 0 bridgehead atoms. The number of carbonyl (C=O) groups excluding carboxylic acids is 1. The molecule has 2 aromatic carbocycles. The summed E-state index contributed by atoms with van der Waals surface area (Å²) in [6.07, 6.45) is 0. The van der Waals surface area contributed by atoms with Crippen LogP contribution in [-0.2, 0) is 9.70 Å². The molecule has 0 saturated heterocycles. The molecule has 0 spiro atoms. The molecule has 0 heterocycles. The van der Waals surface area contributed by atoms with Crippen molar-refractivity contribution in [3.8, 4) is 0 Å². The largest absolute Gasteiger partial charge is 0.356 e. The Morgan fingerprint density at radius 1 is 0.947 bits per heavy atom. The van der Waals surface area contributed by atoms with E-state index in [0.29, 0.717) is 5.56 Å². The third kappa shape index (κ3) is 2.79. The average Bonchev–Trinajstić information content (AvgIpc) is 2.47. The van der Waals surface area contributed by atoms with Crippen molar-refractivity contribution in [1.82, 2.24) is 0 Å². The van der Waals surface area contributed by atoms with Crippen molar-refractivity contribution in [3.63, 3.8) is 0 Å². The maximum atomic E-state index is 11.3. The Balaban J connectivity index is 2.34. The van der Waals surface area contributed by atoms with Crippen LogP contribution >= 0.6 is 11.9 Å². The van der Waals surface area contributed by atoms with Crippen LogP contribution in [0.25, 0.3) is 0 Å². The van der Waals surface area contributed by atoms with E-state index in [-0.39, 0.29) is 5.41 Å². The van der Waals surface area contributed by atoms with E-state index < -0.39 is 5.97 Å². The summed E-state index contributed by atoms with van der Waals surface area (Å²) in [6.45, 7) is 4.30. The molecule has 0 fully saturated rings. The predicted octanol–water partition coefficient (Wildman–Crippen LogP) is 4.32. The minimum Gasteiger partial charge on any atom is -0.343 e. The summed E-state index contributed by atoms with van der Waals surface area (Å²) in [5.41, 5.74) is 2.68. The number of rotatable bonds is 3. The van der Waals surface area contributed by atoms with E-state index in [1.807, 2.05) is 30.3 Å². The van der Waals surface area contributed by atoms with Gasteiger partial charge in [-0.2, -0.15) is 0 Å². The first-order chi connectivity index (χ1) is 9.05. The van der Waals surface area contributed by atoms with Gasteiger partial charge < -0.3 is 4.29 Å². The van der Waals surface area contributed by atoms with E-state index >= 15 is 0 Å². The molecule has 0 atom stereocenters. The molecule has 0 amide bonds. The molecule has 2 nitrogen and oxygen atoms in total. The van der Waals surface area contributed by atoms with E-state index in [9.17, 15) is 4.79 Å². The lowest BCUT2D eigenvalue weighted by atomic mass is 9.78. The zero-order chi connectivity index (χ0) is 13.9. The van der Waals surface area contributed by atoms with Gasteiger partial charge in [-0.05, 0) is 23.3 Å². The lowest BCUT2D eigenvalue weighted by Crippen LogP contribution is -2.18. The lowest BCUT2D eigenvalue weighted by molar-refractivity contribution is 0.0751. The van der Waals surface area contributed by atoms with Gasteiger partial charge >= 0.3 is 5.97 Å². The first kappa shape index (κ1) is 13.6. The van der Waals surface area contributed by atoms with Crippen LogP contribution in [0.1, 0.15) is 35.3 Å². The molecule has 0 unspecified atom stereocenters. The Morgan fingerprint density at radius 3 is 2.00 bits per heavy atom. The van der Waals surface area contributed by atoms with Crippen LogP contribution in [0, 0.1) is 0 Å². The Labute approximate surface area is 118 Å². The summed E-state index contributed by atoms with van der Waals surface area (Å²) in [6, 6.07) is 17.6. The molecular weight excluding hydrogens is 260 g/mol. The zero-order valence-electron chi connectivity index (χ0n) is 10.9. The van der Waals surface area contributed by atoms with Crippen LogP contribution in [0.4, 0.5) is 0 Å². The molecule has 98 valence electrons. The monoisotopic (exact) mass is 274 g/mol. The van der Waals surface area contributed by atoms with Crippen LogP contribution < -0.4 is 0 Å². The Morgan fingerprint density at radius 2 is 1.47 bits per heavy atom. The Hall–Kier alpha value is -1.80. The average molecular weight is 275 g/mol. The molecule has 2 aromatic rings. The topological polar surface area (TPSA) is 26.3 Å². The van der Waals surface area contributed by atoms with Gasteiger partial charge in [0.05, 0.1) is 5.56 Å². The number of hydrogen-bond acceptors (Lipinski definition) is 2. The van der Waals surface area contributed by atoms with E-state index in [0.717, 1.165) is 5.56 Å². The SMILES string of the molecule is CC(C)(c1ccccc1)c1ccc(C(=O)OCl)cc1. The summed E-state index contributed by atoms with van der Waals surface area (Å²) in [5, 5.41) is 0. The first-order valence-corrected chi connectivity index (χ1v) is 6.35. The van der Waals surface area contributed by atoms with E-state index in [1.165, 1.54) is 5.56 Å². The second kappa shape index (κ2) is 5.45. The minimum atomic E-state index is -0.536. The molecule has 0 N–H and O–H groups in total. The smallest absolute Gasteiger partial charge is 0.343 e. The van der Waals surface area contributed by atoms with E-state index in [4.69, 9.17) is 11.9 Å². The third-order valence-corrected chi connectivity index (χ3v) is 3.55. The van der Waals surface area contributed by atoms with Gasteiger partial charge in [-0.3, -0.25) is 0 Å². The van der Waals surface area contributed by atoms with Gasteiger partial charge in [0.2, 0.25) is 0 Å². The first-order valence-electron chi connectivity index (χ1n) is 6.04. The summed E-state index contributed by atoms with van der Waals surface area (Å²) in [5.74, 6) is -0.536. The van der Waals surface area contributed by atoms with Gasteiger partial charge in [0.25, 0.3) is 0 Å². The molecule has 19 heavy (non-hydrogen) atoms. The number of halogens is 1. The van der Waals surface area contributed by atoms with Gasteiger partial charge in [-0.25, -0.2) is 4.79 Å². The Kier molecular flexibility index (Phi) is 3.91. The zero-order valence-corrected chi connectivity index (χ0v) is 11.6. The van der Waals surface area contributed by atoms with Gasteiger partial charge in [0.1, 0.15) is 11.9 Å². The molecule has 0 aliphatic carbocycles. The summed E-state index contributed by atoms with van der Waals surface area (Å²) in [7, 11) is 0. The second-order valence-electron chi connectivity index (χ2n) is 4.93. The van der Waals surface area contributed by atoms with E-state index in [2.05, 4.69) is 30.3 Å². The molecule has 2 rings (SSSR count). The quantitative estimate of drug-likeness (QED) is 0.833. The van der Waals surface area contributed by atoms with Crippen molar-refractivity contribution in [1.29, 1.82) is 0 Å². The predicted molar refractivity (Wildman–Crippen MR) is 76.3 cm³/mol.